The van der Waals surface area contributed by atoms with Gasteiger partial charge < -0.3 is 14.6 Å². The number of thiazole rings is 1. The lowest BCUT2D eigenvalue weighted by Crippen LogP contribution is -2.48. The monoisotopic (exact) mass is 396 g/mol. The molecule has 0 radical (unpaired) electrons. The van der Waals surface area contributed by atoms with Crippen molar-refractivity contribution in [2.45, 2.75) is 38.8 Å². The molecular weight excluding hydrogens is 372 g/mol. The SMILES string of the molecule is Cc1nc(-c2ccc(C(=O)N3CCC(O)(Cn4ccnc4C)CC3)cc2)cs1. The maximum atomic E-state index is 12.8. The highest BCUT2D eigenvalue weighted by Gasteiger charge is 2.34. The van der Waals surface area contributed by atoms with E-state index in [4.69, 9.17) is 0 Å². The molecule has 4 rings (SSSR count). The molecule has 28 heavy (non-hydrogen) atoms. The van der Waals surface area contributed by atoms with E-state index in [9.17, 15) is 9.90 Å². The number of amides is 1. The molecule has 3 aromatic rings. The molecule has 0 atom stereocenters. The summed E-state index contributed by atoms with van der Waals surface area (Å²) in [5, 5.41) is 14.0. The summed E-state index contributed by atoms with van der Waals surface area (Å²) in [7, 11) is 0. The van der Waals surface area contributed by atoms with Crippen LogP contribution in [0.1, 0.15) is 34.0 Å². The maximum Gasteiger partial charge on any atom is 0.253 e. The van der Waals surface area contributed by atoms with Crippen LogP contribution in [-0.4, -0.2) is 49.1 Å². The van der Waals surface area contributed by atoms with Crippen LogP contribution in [0.25, 0.3) is 11.3 Å². The van der Waals surface area contributed by atoms with Gasteiger partial charge >= 0.3 is 0 Å². The molecule has 0 aliphatic carbocycles. The number of aromatic nitrogens is 3. The fourth-order valence-electron chi connectivity index (χ4n) is 3.63. The van der Waals surface area contributed by atoms with Gasteiger partial charge in [-0.1, -0.05) is 12.1 Å². The summed E-state index contributed by atoms with van der Waals surface area (Å²) in [6.45, 7) is 5.53. The molecular formula is C21H24N4O2S. The Balaban J connectivity index is 1.39. The van der Waals surface area contributed by atoms with Gasteiger partial charge in [0.05, 0.1) is 22.8 Å². The van der Waals surface area contributed by atoms with Crippen molar-refractivity contribution in [3.63, 3.8) is 0 Å². The average Bonchev–Trinajstić information content (AvgIpc) is 3.30. The van der Waals surface area contributed by atoms with Crippen molar-refractivity contribution in [1.29, 1.82) is 0 Å². The van der Waals surface area contributed by atoms with Gasteiger partial charge in [-0.25, -0.2) is 9.97 Å². The summed E-state index contributed by atoms with van der Waals surface area (Å²) in [5.74, 6) is 0.907. The summed E-state index contributed by atoms with van der Waals surface area (Å²) in [5.41, 5.74) is 1.84. The third-order valence-corrected chi connectivity index (χ3v) is 6.19. The van der Waals surface area contributed by atoms with Gasteiger partial charge in [-0.2, -0.15) is 0 Å². The van der Waals surface area contributed by atoms with E-state index in [1.807, 2.05) is 59.2 Å². The number of piperidine rings is 1. The minimum atomic E-state index is -0.797. The summed E-state index contributed by atoms with van der Waals surface area (Å²) in [6, 6.07) is 7.62. The molecule has 0 spiro atoms. The van der Waals surface area contributed by atoms with E-state index in [1.165, 1.54) is 0 Å². The lowest BCUT2D eigenvalue weighted by Gasteiger charge is -2.38. The first kappa shape index (κ1) is 18.8. The van der Waals surface area contributed by atoms with Gasteiger partial charge in [0.2, 0.25) is 0 Å². The first-order valence-corrected chi connectivity index (χ1v) is 10.3. The fourth-order valence-corrected chi connectivity index (χ4v) is 4.26. The Kier molecular flexibility index (Phi) is 5.03. The number of carbonyl (C=O) groups excluding carboxylic acids is 1. The third kappa shape index (κ3) is 3.86. The van der Waals surface area contributed by atoms with Crippen LogP contribution in [0, 0.1) is 13.8 Å². The second kappa shape index (κ2) is 7.48. The maximum absolute atomic E-state index is 12.8. The highest BCUT2D eigenvalue weighted by molar-refractivity contribution is 7.09. The van der Waals surface area contributed by atoms with Crippen LogP contribution >= 0.6 is 11.3 Å². The topological polar surface area (TPSA) is 71.2 Å². The van der Waals surface area contributed by atoms with Crippen LogP contribution < -0.4 is 0 Å². The second-order valence-electron chi connectivity index (χ2n) is 7.45. The zero-order valence-electron chi connectivity index (χ0n) is 16.1. The van der Waals surface area contributed by atoms with Crippen molar-refractivity contribution < 1.29 is 9.90 Å². The van der Waals surface area contributed by atoms with Crippen LogP contribution in [-0.2, 0) is 6.54 Å². The van der Waals surface area contributed by atoms with E-state index in [0.29, 0.717) is 38.0 Å². The molecule has 0 unspecified atom stereocenters. The predicted molar refractivity (Wildman–Crippen MR) is 109 cm³/mol. The van der Waals surface area contributed by atoms with Gasteiger partial charge in [0, 0.05) is 42.0 Å². The minimum absolute atomic E-state index is 0.0156. The number of carbonyl (C=O) groups is 1. The van der Waals surface area contributed by atoms with E-state index >= 15 is 0 Å². The van der Waals surface area contributed by atoms with Crippen molar-refractivity contribution in [1.82, 2.24) is 19.4 Å². The number of hydrogen-bond acceptors (Lipinski definition) is 5. The second-order valence-corrected chi connectivity index (χ2v) is 8.51. The first-order valence-electron chi connectivity index (χ1n) is 9.45. The van der Waals surface area contributed by atoms with Gasteiger partial charge in [0.1, 0.15) is 5.82 Å². The molecule has 6 nitrogen and oxygen atoms in total. The van der Waals surface area contributed by atoms with Gasteiger partial charge in [0.25, 0.3) is 5.91 Å². The summed E-state index contributed by atoms with van der Waals surface area (Å²) in [4.78, 5) is 23.4. The van der Waals surface area contributed by atoms with Crippen LogP contribution in [0.3, 0.4) is 0 Å². The van der Waals surface area contributed by atoms with E-state index in [-0.39, 0.29) is 5.91 Å². The Morgan fingerprint density at radius 1 is 1.21 bits per heavy atom. The number of hydrogen-bond donors (Lipinski definition) is 1. The normalized spacial score (nSPS) is 16.3. The molecule has 1 saturated heterocycles. The van der Waals surface area contributed by atoms with Crippen LogP contribution in [0.15, 0.2) is 42.0 Å². The van der Waals surface area contributed by atoms with Crippen LogP contribution in [0.4, 0.5) is 0 Å². The molecule has 1 N–H and O–H groups in total. The van der Waals surface area contributed by atoms with Crippen molar-refractivity contribution >= 4 is 17.2 Å². The van der Waals surface area contributed by atoms with E-state index in [2.05, 4.69) is 9.97 Å². The molecule has 1 amide bonds. The Morgan fingerprint density at radius 3 is 2.50 bits per heavy atom. The highest BCUT2D eigenvalue weighted by atomic mass is 32.1. The summed E-state index contributed by atoms with van der Waals surface area (Å²) >= 11 is 1.62. The smallest absolute Gasteiger partial charge is 0.253 e. The quantitative estimate of drug-likeness (QED) is 0.735. The Labute approximate surface area is 168 Å². The number of aliphatic hydroxyl groups is 1. The predicted octanol–water partition coefficient (Wildman–Crippen LogP) is 3.29. The van der Waals surface area contributed by atoms with Gasteiger partial charge in [-0.15, -0.1) is 11.3 Å². The van der Waals surface area contributed by atoms with E-state index < -0.39 is 5.60 Å². The largest absolute Gasteiger partial charge is 0.388 e. The Bertz CT molecular complexity index is 968. The van der Waals surface area contributed by atoms with Gasteiger partial charge in [0.15, 0.2) is 0 Å². The summed E-state index contributed by atoms with van der Waals surface area (Å²) < 4.78 is 1.97. The van der Waals surface area contributed by atoms with E-state index in [1.54, 1.807) is 17.5 Å². The molecule has 2 aromatic heterocycles. The number of imidazole rings is 1. The zero-order chi connectivity index (χ0) is 19.7. The van der Waals surface area contributed by atoms with Gasteiger partial charge in [-0.05, 0) is 38.8 Å². The Morgan fingerprint density at radius 2 is 1.93 bits per heavy atom. The molecule has 1 aliphatic heterocycles. The van der Waals surface area contributed by atoms with Gasteiger partial charge in [-0.3, -0.25) is 4.79 Å². The van der Waals surface area contributed by atoms with Crippen LogP contribution in [0.2, 0.25) is 0 Å². The zero-order valence-corrected chi connectivity index (χ0v) is 16.9. The molecule has 1 aromatic carbocycles. The minimum Gasteiger partial charge on any atom is -0.388 e. The average molecular weight is 397 g/mol. The fraction of sp³-hybridized carbons (Fsp3) is 0.381. The lowest BCUT2D eigenvalue weighted by atomic mass is 9.91. The van der Waals surface area contributed by atoms with Crippen molar-refractivity contribution in [2.75, 3.05) is 13.1 Å². The third-order valence-electron chi connectivity index (χ3n) is 5.42. The lowest BCUT2D eigenvalue weighted by molar-refractivity contribution is -0.0295. The first-order chi connectivity index (χ1) is 13.4. The van der Waals surface area contributed by atoms with E-state index in [0.717, 1.165) is 22.1 Å². The van der Waals surface area contributed by atoms with Crippen molar-refractivity contribution in [3.8, 4) is 11.3 Å². The van der Waals surface area contributed by atoms with Crippen LogP contribution in [0.5, 0.6) is 0 Å². The number of likely N-dealkylation sites (tertiary alicyclic amines) is 1. The molecule has 7 heteroatoms. The molecule has 1 aliphatic rings. The van der Waals surface area contributed by atoms with Crippen molar-refractivity contribution in [3.05, 3.63) is 58.4 Å². The molecule has 0 saturated carbocycles. The standard InChI is InChI=1S/C21H24N4O2S/c1-15-22-9-12-25(15)14-21(27)7-10-24(11-8-21)20(26)18-5-3-17(4-6-18)19-13-28-16(2)23-19/h3-6,9,12-13,27H,7-8,10-11,14H2,1-2H3. The number of aryl methyl sites for hydroxylation is 2. The molecule has 0 bridgehead atoms. The Hall–Kier alpha value is -2.51. The van der Waals surface area contributed by atoms with Crippen molar-refractivity contribution in [2.24, 2.45) is 0 Å². The number of rotatable bonds is 4. The highest BCUT2D eigenvalue weighted by Crippen LogP contribution is 2.27. The molecule has 1 fully saturated rings. The summed E-state index contributed by atoms with van der Waals surface area (Å²) in [6.07, 6.45) is 4.75. The number of nitrogens with zero attached hydrogens (tertiary/aromatic N) is 4. The molecule has 3 heterocycles. The molecule has 146 valence electrons. The number of benzene rings is 1.